The van der Waals surface area contributed by atoms with Crippen LogP contribution in [0, 0.1) is 5.82 Å². The molecule has 0 unspecified atom stereocenters. The molecule has 1 aromatic rings. The van der Waals surface area contributed by atoms with Crippen molar-refractivity contribution in [1.82, 2.24) is 0 Å². The van der Waals surface area contributed by atoms with Gasteiger partial charge in [0.25, 0.3) is 0 Å². The molecule has 0 fully saturated rings. The summed E-state index contributed by atoms with van der Waals surface area (Å²) in [4.78, 5) is 10.2. The zero-order valence-electron chi connectivity index (χ0n) is 9.83. The maximum absolute atomic E-state index is 12.3. The quantitative estimate of drug-likeness (QED) is 0.647. The van der Waals surface area contributed by atoms with Gasteiger partial charge >= 0.3 is 5.97 Å². The van der Waals surface area contributed by atoms with E-state index in [1.807, 2.05) is 20.8 Å². The Bertz CT molecular complexity index is 373. The van der Waals surface area contributed by atoms with E-state index in [2.05, 4.69) is 0 Å². The van der Waals surface area contributed by atoms with Crippen molar-refractivity contribution in [2.45, 2.75) is 33.3 Å². The minimum absolute atomic E-state index is 0.215. The third-order valence-corrected chi connectivity index (χ3v) is 1.60. The average molecular weight is 226 g/mol. The first kappa shape index (κ1) is 12.5. The number of rotatable bonds is 0. The molecule has 0 radical (unpaired) electrons. The minimum Gasteiger partial charge on any atom is -0.460 e. The molecule has 2 aliphatic heterocycles. The molecule has 1 aromatic carbocycles. The zero-order chi connectivity index (χ0) is 12.3. The SMILES string of the molecule is CC(=O)OC(C)(C)C.Fc1c2cccc1O2. The summed E-state index contributed by atoms with van der Waals surface area (Å²) in [5.74, 6) is 0.287. The molecule has 0 spiro atoms. The van der Waals surface area contributed by atoms with Gasteiger partial charge in [0, 0.05) is 6.92 Å². The Hall–Kier alpha value is -1.58. The molecule has 3 nitrogen and oxygen atoms in total. The van der Waals surface area contributed by atoms with Gasteiger partial charge in [0.05, 0.1) is 0 Å². The van der Waals surface area contributed by atoms with Gasteiger partial charge in [0.2, 0.25) is 5.82 Å². The molecule has 0 aliphatic carbocycles. The van der Waals surface area contributed by atoms with Gasteiger partial charge in [-0.3, -0.25) is 4.79 Å². The monoisotopic (exact) mass is 226 g/mol. The molecule has 0 atom stereocenters. The Kier molecular flexibility index (Phi) is 3.52. The number of hydrogen-bond acceptors (Lipinski definition) is 3. The molecule has 0 amide bonds. The largest absolute Gasteiger partial charge is 0.460 e. The molecule has 2 bridgehead atoms. The Morgan fingerprint density at radius 1 is 1.31 bits per heavy atom. The van der Waals surface area contributed by atoms with Crippen LogP contribution in [0.3, 0.4) is 0 Å². The molecule has 0 aromatic heterocycles. The molecule has 2 aliphatic rings. The minimum atomic E-state index is -0.328. The van der Waals surface area contributed by atoms with E-state index >= 15 is 0 Å². The van der Waals surface area contributed by atoms with E-state index in [1.165, 1.54) is 6.92 Å². The molecule has 0 N–H and O–H groups in total. The van der Waals surface area contributed by atoms with Gasteiger partial charge in [0.1, 0.15) is 5.60 Å². The Labute approximate surface area is 94.2 Å². The third-order valence-electron chi connectivity index (χ3n) is 1.60. The van der Waals surface area contributed by atoms with Crippen LogP contribution < -0.4 is 4.74 Å². The van der Waals surface area contributed by atoms with Crippen LogP contribution in [0.25, 0.3) is 0 Å². The number of carbonyl (C=O) groups is 1. The van der Waals surface area contributed by atoms with Crippen LogP contribution in [-0.2, 0) is 9.53 Å². The lowest BCUT2D eigenvalue weighted by atomic mass is 10.2. The first-order valence-electron chi connectivity index (χ1n) is 4.95. The summed E-state index contributed by atoms with van der Waals surface area (Å²) in [7, 11) is 0. The van der Waals surface area contributed by atoms with E-state index in [9.17, 15) is 9.18 Å². The van der Waals surface area contributed by atoms with E-state index in [-0.39, 0.29) is 17.4 Å². The number of esters is 1. The third kappa shape index (κ3) is 3.53. The zero-order valence-corrected chi connectivity index (χ0v) is 9.83. The number of fused-ring (bicyclic) bond motifs is 2. The van der Waals surface area contributed by atoms with Crippen LogP contribution in [0.5, 0.6) is 11.5 Å². The molecule has 16 heavy (non-hydrogen) atoms. The van der Waals surface area contributed by atoms with Crippen molar-refractivity contribution in [1.29, 1.82) is 0 Å². The maximum Gasteiger partial charge on any atom is 0.303 e. The predicted octanol–water partition coefficient (Wildman–Crippen LogP) is 3.28. The van der Waals surface area contributed by atoms with Crippen molar-refractivity contribution < 1.29 is 18.7 Å². The molecule has 0 saturated heterocycles. The lowest BCUT2D eigenvalue weighted by molar-refractivity contribution is -0.151. The highest BCUT2D eigenvalue weighted by Crippen LogP contribution is 2.38. The van der Waals surface area contributed by atoms with Crippen LogP contribution >= 0.6 is 0 Å². The molecule has 0 saturated carbocycles. The second-order valence-corrected chi connectivity index (χ2v) is 4.38. The highest BCUT2D eigenvalue weighted by molar-refractivity contribution is 5.66. The summed E-state index contributed by atoms with van der Waals surface area (Å²) in [5.41, 5.74) is -0.328. The Morgan fingerprint density at radius 2 is 1.81 bits per heavy atom. The Morgan fingerprint density at radius 3 is 1.94 bits per heavy atom. The van der Waals surface area contributed by atoms with Gasteiger partial charge in [-0.25, -0.2) is 0 Å². The van der Waals surface area contributed by atoms with E-state index in [0.717, 1.165) is 0 Å². The summed E-state index contributed by atoms with van der Waals surface area (Å²) in [6.45, 7) is 6.93. The fourth-order valence-electron chi connectivity index (χ4n) is 1.15. The molecule has 4 heteroatoms. The lowest BCUT2D eigenvalue weighted by Crippen LogP contribution is -2.21. The van der Waals surface area contributed by atoms with Gasteiger partial charge in [-0.15, -0.1) is 0 Å². The molecular formula is C12H15FO3. The van der Waals surface area contributed by atoms with E-state index in [1.54, 1.807) is 18.2 Å². The smallest absolute Gasteiger partial charge is 0.303 e. The maximum atomic E-state index is 12.3. The fourth-order valence-corrected chi connectivity index (χ4v) is 1.15. The average Bonchev–Trinajstić information content (AvgIpc) is 2.15. The van der Waals surface area contributed by atoms with Gasteiger partial charge in [-0.2, -0.15) is 4.39 Å². The first-order chi connectivity index (χ1) is 7.29. The van der Waals surface area contributed by atoms with Crippen LogP contribution in [0.1, 0.15) is 27.7 Å². The summed E-state index contributed by atoms with van der Waals surface area (Å²) in [6.07, 6.45) is 0. The van der Waals surface area contributed by atoms with Crippen molar-refractivity contribution in [3.63, 3.8) is 0 Å². The fraction of sp³-hybridized carbons (Fsp3) is 0.417. The van der Waals surface area contributed by atoms with Crippen molar-refractivity contribution in [3.05, 3.63) is 24.0 Å². The van der Waals surface area contributed by atoms with Gasteiger partial charge < -0.3 is 9.47 Å². The number of halogens is 1. The van der Waals surface area contributed by atoms with Crippen molar-refractivity contribution in [2.75, 3.05) is 0 Å². The van der Waals surface area contributed by atoms with E-state index < -0.39 is 0 Å². The first-order valence-corrected chi connectivity index (χ1v) is 4.95. The van der Waals surface area contributed by atoms with Gasteiger partial charge in [-0.1, -0.05) is 6.07 Å². The number of benzene rings is 1. The van der Waals surface area contributed by atoms with Crippen molar-refractivity contribution in [3.8, 4) is 11.5 Å². The van der Waals surface area contributed by atoms with Crippen LogP contribution in [0.2, 0.25) is 0 Å². The summed E-state index contributed by atoms with van der Waals surface area (Å²) in [6, 6.07) is 4.96. The highest BCUT2D eigenvalue weighted by Gasteiger charge is 2.19. The van der Waals surface area contributed by atoms with Crippen LogP contribution in [-0.4, -0.2) is 11.6 Å². The van der Waals surface area contributed by atoms with E-state index in [0.29, 0.717) is 11.5 Å². The second-order valence-electron chi connectivity index (χ2n) is 4.38. The topological polar surface area (TPSA) is 35.5 Å². The highest BCUT2D eigenvalue weighted by atomic mass is 19.1. The normalized spacial score (nSPS) is 11.6. The lowest BCUT2D eigenvalue weighted by Gasteiger charge is -2.17. The predicted molar refractivity (Wildman–Crippen MR) is 58.0 cm³/mol. The molecular weight excluding hydrogens is 211 g/mol. The van der Waals surface area contributed by atoms with Gasteiger partial charge in [-0.05, 0) is 32.9 Å². The second kappa shape index (κ2) is 4.51. The summed E-state index contributed by atoms with van der Waals surface area (Å²) >= 11 is 0. The number of ether oxygens (including phenoxy) is 2. The Balaban J connectivity index is 0.000000160. The van der Waals surface area contributed by atoms with E-state index in [4.69, 9.17) is 9.47 Å². The van der Waals surface area contributed by atoms with Crippen LogP contribution in [0.15, 0.2) is 18.2 Å². The van der Waals surface area contributed by atoms with Gasteiger partial charge in [0.15, 0.2) is 11.5 Å². The standard InChI is InChI=1S/C6H3FO.C6H12O2/c7-6-4-2-1-3-5(6)8-4;1-5(7)8-6(2,3)4/h1-3H;1-4H3. The number of carbonyl (C=O) groups excluding carboxylic acids is 1. The molecule has 88 valence electrons. The summed E-state index contributed by atoms with van der Waals surface area (Å²) in [5, 5.41) is 0. The number of hydrogen-bond donors (Lipinski definition) is 0. The van der Waals surface area contributed by atoms with Crippen LogP contribution in [0.4, 0.5) is 4.39 Å². The summed E-state index contributed by atoms with van der Waals surface area (Å²) < 4.78 is 21.8. The molecule has 2 heterocycles. The van der Waals surface area contributed by atoms with Crippen molar-refractivity contribution >= 4 is 5.97 Å². The van der Waals surface area contributed by atoms with Crippen molar-refractivity contribution in [2.24, 2.45) is 0 Å². The molecule has 3 rings (SSSR count).